The molecular weight excluding hydrogens is 244 g/mol. The lowest BCUT2D eigenvalue weighted by molar-refractivity contribution is -0.119. The standard InChI is InChI=1S/C14H20N2O3/c1-2-10-3-4-13(17)12(7-10)16-14(18)8-11-9-15-5-6-19-11/h3-4,7,11,15,17H,2,5-6,8-9H2,1H3,(H,16,18). The third-order valence-electron chi connectivity index (χ3n) is 3.16. The predicted molar refractivity (Wildman–Crippen MR) is 73.3 cm³/mol. The SMILES string of the molecule is CCc1ccc(O)c(NC(=O)CC2CNCCO2)c1. The number of amides is 1. The third kappa shape index (κ3) is 3.94. The average Bonchev–Trinajstić information content (AvgIpc) is 2.42. The van der Waals surface area contributed by atoms with Crippen LogP contribution in [0.4, 0.5) is 5.69 Å². The van der Waals surface area contributed by atoms with Gasteiger partial charge in [0.25, 0.3) is 0 Å². The van der Waals surface area contributed by atoms with E-state index >= 15 is 0 Å². The van der Waals surface area contributed by atoms with Crippen LogP contribution in [0, 0.1) is 0 Å². The van der Waals surface area contributed by atoms with Crippen molar-refractivity contribution in [1.82, 2.24) is 5.32 Å². The van der Waals surface area contributed by atoms with Crippen LogP contribution in [-0.4, -0.2) is 36.8 Å². The second-order valence-electron chi connectivity index (χ2n) is 4.65. The minimum Gasteiger partial charge on any atom is -0.506 e. The second kappa shape index (κ2) is 6.54. The van der Waals surface area contributed by atoms with Gasteiger partial charge >= 0.3 is 0 Å². The highest BCUT2D eigenvalue weighted by molar-refractivity contribution is 5.92. The topological polar surface area (TPSA) is 70.6 Å². The fourth-order valence-corrected chi connectivity index (χ4v) is 2.06. The molecule has 1 saturated heterocycles. The molecule has 3 N–H and O–H groups in total. The molecule has 0 bridgehead atoms. The average molecular weight is 264 g/mol. The molecule has 1 aliphatic heterocycles. The number of ether oxygens (including phenoxy) is 1. The lowest BCUT2D eigenvalue weighted by atomic mass is 10.1. The van der Waals surface area contributed by atoms with Crippen molar-refractivity contribution in [3.63, 3.8) is 0 Å². The molecule has 1 atom stereocenters. The van der Waals surface area contributed by atoms with E-state index in [-0.39, 0.29) is 17.8 Å². The van der Waals surface area contributed by atoms with Crippen LogP contribution in [0.15, 0.2) is 18.2 Å². The van der Waals surface area contributed by atoms with Gasteiger partial charge in [-0.3, -0.25) is 4.79 Å². The number of phenolic OH excluding ortho intramolecular Hbond substituents is 1. The highest BCUT2D eigenvalue weighted by atomic mass is 16.5. The molecular formula is C14H20N2O3. The fraction of sp³-hybridized carbons (Fsp3) is 0.500. The largest absolute Gasteiger partial charge is 0.506 e. The zero-order valence-corrected chi connectivity index (χ0v) is 11.1. The molecule has 0 saturated carbocycles. The van der Waals surface area contributed by atoms with Crippen LogP contribution in [0.25, 0.3) is 0 Å². The Balaban J connectivity index is 1.94. The maximum absolute atomic E-state index is 11.9. The Hall–Kier alpha value is -1.59. The molecule has 1 fully saturated rings. The quantitative estimate of drug-likeness (QED) is 0.716. The second-order valence-corrected chi connectivity index (χ2v) is 4.65. The number of aryl methyl sites for hydroxylation is 1. The van der Waals surface area contributed by atoms with Gasteiger partial charge in [-0.25, -0.2) is 0 Å². The molecule has 0 aromatic heterocycles. The lowest BCUT2D eigenvalue weighted by Crippen LogP contribution is -2.40. The number of aromatic hydroxyl groups is 1. The van der Waals surface area contributed by atoms with Gasteiger partial charge in [0.1, 0.15) is 5.75 Å². The Kier molecular flexibility index (Phi) is 4.76. The summed E-state index contributed by atoms with van der Waals surface area (Å²) in [6, 6.07) is 5.25. The number of phenols is 1. The van der Waals surface area contributed by atoms with Gasteiger partial charge in [0.15, 0.2) is 0 Å². The zero-order valence-electron chi connectivity index (χ0n) is 11.1. The Morgan fingerprint density at radius 3 is 3.11 bits per heavy atom. The normalized spacial score (nSPS) is 19.1. The molecule has 1 aromatic rings. The summed E-state index contributed by atoms with van der Waals surface area (Å²) in [6.45, 7) is 4.18. The minimum atomic E-state index is -0.141. The predicted octanol–water partition coefficient (Wildman–Crippen LogP) is 1.27. The molecule has 0 radical (unpaired) electrons. The van der Waals surface area contributed by atoms with E-state index in [0.717, 1.165) is 18.5 Å². The Bertz CT molecular complexity index is 442. The first-order valence-corrected chi connectivity index (χ1v) is 6.63. The molecule has 5 heteroatoms. The van der Waals surface area contributed by atoms with Crippen molar-refractivity contribution in [3.05, 3.63) is 23.8 Å². The summed E-state index contributed by atoms with van der Waals surface area (Å²) in [5, 5.41) is 15.6. The van der Waals surface area contributed by atoms with Crippen molar-refractivity contribution < 1.29 is 14.6 Å². The van der Waals surface area contributed by atoms with E-state index in [0.29, 0.717) is 25.3 Å². The number of nitrogens with one attached hydrogen (secondary N) is 2. The van der Waals surface area contributed by atoms with E-state index in [2.05, 4.69) is 10.6 Å². The molecule has 1 heterocycles. The molecule has 1 aromatic carbocycles. The van der Waals surface area contributed by atoms with E-state index in [1.165, 1.54) is 0 Å². The van der Waals surface area contributed by atoms with Crippen molar-refractivity contribution in [2.75, 3.05) is 25.0 Å². The molecule has 0 spiro atoms. The number of hydrogen-bond acceptors (Lipinski definition) is 4. The first-order valence-electron chi connectivity index (χ1n) is 6.63. The van der Waals surface area contributed by atoms with Crippen LogP contribution in [0.3, 0.4) is 0 Å². The van der Waals surface area contributed by atoms with Gasteiger partial charge in [0, 0.05) is 13.1 Å². The molecule has 1 amide bonds. The number of carbonyl (C=O) groups excluding carboxylic acids is 1. The van der Waals surface area contributed by atoms with Crippen LogP contribution in [0.1, 0.15) is 18.9 Å². The summed E-state index contributed by atoms with van der Waals surface area (Å²) < 4.78 is 5.48. The monoisotopic (exact) mass is 264 g/mol. The summed E-state index contributed by atoms with van der Waals surface area (Å²) in [5.41, 5.74) is 1.54. The van der Waals surface area contributed by atoms with Gasteiger partial charge in [-0.15, -0.1) is 0 Å². The number of anilines is 1. The van der Waals surface area contributed by atoms with Crippen molar-refractivity contribution in [1.29, 1.82) is 0 Å². The summed E-state index contributed by atoms with van der Waals surface area (Å²) in [5.74, 6) is -0.0505. The van der Waals surface area contributed by atoms with Gasteiger partial charge in [-0.2, -0.15) is 0 Å². The van der Waals surface area contributed by atoms with Crippen LogP contribution in [0.5, 0.6) is 5.75 Å². The summed E-state index contributed by atoms with van der Waals surface area (Å²) >= 11 is 0. The fourth-order valence-electron chi connectivity index (χ4n) is 2.06. The molecule has 1 aliphatic rings. The van der Waals surface area contributed by atoms with Crippen molar-refractivity contribution in [2.24, 2.45) is 0 Å². The van der Waals surface area contributed by atoms with Crippen molar-refractivity contribution in [3.8, 4) is 5.75 Å². The number of benzene rings is 1. The zero-order chi connectivity index (χ0) is 13.7. The molecule has 0 aliphatic carbocycles. The minimum absolute atomic E-state index is 0.0910. The van der Waals surface area contributed by atoms with E-state index in [9.17, 15) is 9.90 Å². The van der Waals surface area contributed by atoms with Gasteiger partial charge in [0.2, 0.25) is 5.91 Å². The molecule has 104 valence electrons. The highest BCUT2D eigenvalue weighted by Gasteiger charge is 2.18. The van der Waals surface area contributed by atoms with Crippen LogP contribution in [0.2, 0.25) is 0 Å². The number of carbonyl (C=O) groups is 1. The maximum atomic E-state index is 11.9. The number of rotatable bonds is 4. The van der Waals surface area contributed by atoms with E-state index < -0.39 is 0 Å². The van der Waals surface area contributed by atoms with Gasteiger partial charge in [0.05, 0.1) is 24.8 Å². The smallest absolute Gasteiger partial charge is 0.227 e. The van der Waals surface area contributed by atoms with Gasteiger partial charge in [-0.1, -0.05) is 13.0 Å². The molecule has 19 heavy (non-hydrogen) atoms. The Morgan fingerprint density at radius 1 is 1.58 bits per heavy atom. The van der Waals surface area contributed by atoms with E-state index in [1.54, 1.807) is 12.1 Å². The van der Waals surface area contributed by atoms with Crippen LogP contribution < -0.4 is 10.6 Å². The highest BCUT2D eigenvalue weighted by Crippen LogP contribution is 2.24. The van der Waals surface area contributed by atoms with Gasteiger partial charge in [-0.05, 0) is 24.1 Å². The van der Waals surface area contributed by atoms with Gasteiger partial charge < -0.3 is 20.5 Å². The number of hydrogen-bond donors (Lipinski definition) is 3. The molecule has 5 nitrogen and oxygen atoms in total. The molecule has 2 rings (SSSR count). The molecule has 1 unspecified atom stereocenters. The van der Waals surface area contributed by atoms with Crippen molar-refractivity contribution in [2.45, 2.75) is 25.9 Å². The Morgan fingerprint density at radius 2 is 2.42 bits per heavy atom. The maximum Gasteiger partial charge on any atom is 0.227 e. The number of morpholine rings is 1. The van der Waals surface area contributed by atoms with Crippen molar-refractivity contribution >= 4 is 11.6 Å². The summed E-state index contributed by atoms with van der Waals surface area (Å²) in [4.78, 5) is 11.9. The van der Waals surface area contributed by atoms with Crippen LogP contribution in [-0.2, 0) is 16.0 Å². The Labute approximate surface area is 113 Å². The van der Waals surface area contributed by atoms with E-state index in [4.69, 9.17) is 4.74 Å². The lowest BCUT2D eigenvalue weighted by Gasteiger charge is -2.23. The summed E-state index contributed by atoms with van der Waals surface area (Å²) in [7, 11) is 0. The third-order valence-corrected chi connectivity index (χ3v) is 3.16. The summed E-state index contributed by atoms with van der Waals surface area (Å²) in [6.07, 6.45) is 1.06. The first-order chi connectivity index (χ1) is 9.19. The van der Waals surface area contributed by atoms with E-state index in [1.807, 2.05) is 13.0 Å². The van der Waals surface area contributed by atoms with Crippen LogP contribution >= 0.6 is 0 Å². The first kappa shape index (κ1) is 13.8.